The second-order valence-corrected chi connectivity index (χ2v) is 10.8. The van der Waals surface area contributed by atoms with Gasteiger partial charge < -0.3 is 15.7 Å². The first-order valence-corrected chi connectivity index (χ1v) is 13.6. The summed E-state index contributed by atoms with van der Waals surface area (Å²) in [5, 5.41) is 8.86. The summed E-state index contributed by atoms with van der Waals surface area (Å²) in [6, 6.07) is 22.9. The lowest BCUT2D eigenvalue weighted by atomic mass is 9.91. The number of nitrogens with zero attached hydrogens (tertiary/aromatic N) is 1. The zero-order valence-electron chi connectivity index (χ0n) is 20.8. The van der Waals surface area contributed by atoms with Crippen molar-refractivity contribution in [1.29, 1.82) is 0 Å². The van der Waals surface area contributed by atoms with Crippen LogP contribution in [0.25, 0.3) is 0 Å². The number of anilines is 1. The highest BCUT2D eigenvalue weighted by molar-refractivity contribution is 7.92. The van der Waals surface area contributed by atoms with Gasteiger partial charge in [0.05, 0.1) is 4.90 Å². The topological polar surface area (TPSA) is 130 Å². The summed E-state index contributed by atoms with van der Waals surface area (Å²) in [6.07, 6.45) is 3.54. The zero-order chi connectivity index (χ0) is 26.8. The molecular formula is C28H33N3O5S. The Morgan fingerprint density at radius 1 is 0.946 bits per heavy atom. The maximum Gasteiger partial charge on any atom is 0.407 e. The molecule has 9 heteroatoms. The fourth-order valence-corrected chi connectivity index (χ4v) is 5.12. The van der Waals surface area contributed by atoms with Crippen LogP contribution in [0.3, 0.4) is 0 Å². The van der Waals surface area contributed by atoms with Gasteiger partial charge in [-0.25, -0.2) is 13.2 Å². The number of hydrogen-bond acceptors (Lipinski definition) is 4. The van der Waals surface area contributed by atoms with E-state index in [0.29, 0.717) is 30.3 Å². The Morgan fingerprint density at radius 2 is 1.54 bits per heavy atom. The summed E-state index contributed by atoms with van der Waals surface area (Å²) in [4.78, 5) is 23.4. The number of aryl methyl sites for hydroxylation is 2. The first-order valence-electron chi connectivity index (χ1n) is 12.1. The molecule has 3 aromatic carbocycles. The Hall–Kier alpha value is -3.85. The Balaban J connectivity index is 0.000000208. The Bertz CT molecular complexity index is 1270. The Morgan fingerprint density at radius 3 is 2.08 bits per heavy atom. The summed E-state index contributed by atoms with van der Waals surface area (Å²) in [5.41, 5.74) is 8.18. The molecule has 37 heavy (non-hydrogen) atoms. The largest absolute Gasteiger partial charge is 0.465 e. The van der Waals surface area contributed by atoms with E-state index in [1.165, 1.54) is 53.3 Å². The lowest BCUT2D eigenvalue weighted by molar-refractivity contribution is 0.1000. The number of hydrogen-bond donors (Lipinski definition) is 3. The number of carbonyl (C=O) groups excluding carboxylic acids is 1. The van der Waals surface area contributed by atoms with E-state index in [9.17, 15) is 18.0 Å². The van der Waals surface area contributed by atoms with Crippen LogP contribution in [0.15, 0.2) is 83.8 Å². The molecule has 0 unspecified atom stereocenters. The van der Waals surface area contributed by atoms with Gasteiger partial charge in [0.15, 0.2) is 0 Å². The molecule has 1 heterocycles. The van der Waals surface area contributed by atoms with Crippen LogP contribution < -0.4 is 10.5 Å². The van der Waals surface area contributed by atoms with Crippen molar-refractivity contribution in [2.24, 2.45) is 11.7 Å². The molecular weight excluding hydrogens is 490 g/mol. The van der Waals surface area contributed by atoms with E-state index in [4.69, 9.17) is 10.8 Å². The van der Waals surface area contributed by atoms with E-state index < -0.39 is 22.0 Å². The molecule has 4 rings (SSSR count). The van der Waals surface area contributed by atoms with Crippen molar-refractivity contribution in [3.05, 3.63) is 95.6 Å². The molecule has 0 radical (unpaired) electrons. The van der Waals surface area contributed by atoms with Crippen LogP contribution in [0.2, 0.25) is 0 Å². The second kappa shape index (κ2) is 12.9. The van der Waals surface area contributed by atoms with Crippen molar-refractivity contribution >= 4 is 27.7 Å². The number of sulfonamides is 1. The monoisotopic (exact) mass is 523 g/mol. The molecule has 2 amide bonds. The molecule has 1 aliphatic heterocycles. The average molecular weight is 524 g/mol. The van der Waals surface area contributed by atoms with Gasteiger partial charge in [0.1, 0.15) is 0 Å². The van der Waals surface area contributed by atoms with Crippen LogP contribution in [0.4, 0.5) is 10.5 Å². The number of carboxylic acid groups (broad SMARTS) is 1. The highest BCUT2D eigenvalue weighted by atomic mass is 32.2. The maximum absolute atomic E-state index is 12.1. The molecule has 0 aromatic heterocycles. The average Bonchev–Trinajstić information content (AvgIpc) is 2.89. The van der Waals surface area contributed by atoms with Crippen LogP contribution in [0.1, 0.15) is 40.7 Å². The van der Waals surface area contributed by atoms with Crippen LogP contribution in [-0.2, 0) is 16.4 Å². The summed E-state index contributed by atoms with van der Waals surface area (Å²) >= 11 is 0. The number of primary amides is 1. The number of carbonyl (C=O) groups is 2. The van der Waals surface area contributed by atoms with Crippen molar-refractivity contribution < 1.29 is 23.1 Å². The molecule has 3 aromatic rings. The van der Waals surface area contributed by atoms with Crippen molar-refractivity contribution in [3.8, 4) is 0 Å². The fourth-order valence-electron chi connectivity index (χ4n) is 4.06. The quantitative estimate of drug-likeness (QED) is 0.405. The third kappa shape index (κ3) is 8.64. The molecule has 0 aliphatic carbocycles. The molecule has 0 spiro atoms. The zero-order valence-corrected chi connectivity index (χ0v) is 21.7. The highest BCUT2D eigenvalue weighted by Gasteiger charge is 2.21. The van der Waals surface area contributed by atoms with E-state index in [2.05, 4.69) is 29.0 Å². The standard InChI is InChI=1S/C14H14N2O3S.C14H19NO2/c1-10-2-8-13(9-3-10)20(18,19)16-12-6-4-11(5-7-12)14(15)17;16-14(17)15-10-8-13(9-11-15)7-6-12-4-2-1-3-5-12/h2-9,16H,1H3,(H2,15,17);1-5,13H,6-11H2,(H,16,17). The van der Waals surface area contributed by atoms with E-state index in [0.717, 1.165) is 24.8 Å². The number of benzene rings is 3. The first kappa shape index (κ1) is 27.7. The second-order valence-electron chi connectivity index (χ2n) is 9.10. The van der Waals surface area contributed by atoms with Crippen molar-refractivity contribution in [1.82, 2.24) is 4.90 Å². The Kier molecular flexibility index (Phi) is 9.68. The van der Waals surface area contributed by atoms with Crippen molar-refractivity contribution in [2.45, 2.75) is 37.5 Å². The van der Waals surface area contributed by atoms with Gasteiger partial charge in [-0.05, 0) is 80.5 Å². The summed E-state index contributed by atoms with van der Waals surface area (Å²) in [7, 11) is -3.63. The molecule has 0 atom stereocenters. The van der Waals surface area contributed by atoms with Crippen molar-refractivity contribution in [3.63, 3.8) is 0 Å². The van der Waals surface area contributed by atoms with Gasteiger partial charge in [-0.2, -0.15) is 0 Å². The predicted molar refractivity (Wildman–Crippen MR) is 144 cm³/mol. The Labute approximate surface area is 218 Å². The van der Waals surface area contributed by atoms with E-state index in [-0.39, 0.29) is 4.90 Å². The van der Waals surface area contributed by atoms with E-state index >= 15 is 0 Å². The molecule has 8 nitrogen and oxygen atoms in total. The van der Waals surface area contributed by atoms with Crippen LogP contribution in [0, 0.1) is 12.8 Å². The highest BCUT2D eigenvalue weighted by Crippen LogP contribution is 2.22. The summed E-state index contributed by atoms with van der Waals surface area (Å²) in [6.45, 7) is 3.29. The smallest absolute Gasteiger partial charge is 0.407 e. The maximum atomic E-state index is 12.1. The molecule has 0 saturated carbocycles. The number of nitrogens with two attached hydrogens (primary N) is 1. The molecule has 4 N–H and O–H groups in total. The van der Waals surface area contributed by atoms with Gasteiger partial charge in [0.25, 0.3) is 10.0 Å². The predicted octanol–water partition coefficient (Wildman–Crippen LogP) is 4.90. The van der Waals surface area contributed by atoms with E-state index in [1.54, 1.807) is 12.1 Å². The SMILES string of the molecule is Cc1ccc(S(=O)(=O)Nc2ccc(C(N)=O)cc2)cc1.O=C(O)N1CCC(CCc2ccccc2)CC1. The third-order valence-electron chi connectivity index (χ3n) is 6.32. The number of nitrogens with one attached hydrogen (secondary N) is 1. The fraction of sp³-hybridized carbons (Fsp3) is 0.286. The minimum atomic E-state index is -3.63. The molecule has 0 bridgehead atoms. The number of likely N-dealkylation sites (tertiary alicyclic amines) is 1. The summed E-state index contributed by atoms with van der Waals surface area (Å²) < 4.78 is 26.7. The summed E-state index contributed by atoms with van der Waals surface area (Å²) in [5.74, 6) is 0.128. The van der Waals surface area contributed by atoms with Crippen molar-refractivity contribution in [2.75, 3.05) is 17.8 Å². The number of piperidine rings is 1. The lowest BCUT2D eigenvalue weighted by Crippen LogP contribution is -2.37. The minimum absolute atomic E-state index is 0.182. The van der Waals surface area contributed by atoms with Gasteiger partial charge in [-0.1, -0.05) is 48.0 Å². The first-order chi connectivity index (χ1) is 17.6. The molecule has 1 saturated heterocycles. The van der Waals surface area contributed by atoms with Gasteiger partial charge in [0.2, 0.25) is 5.91 Å². The van der Waals surface area contributed by atoms with E-state index in [1.807, 2.05) is 13.0 Å². The van der Waals surface area contributed by atoms with Gasteiger partial charge in [-0.3, -0.25) is 9.52 Å². The molecule has 1 fully saturated rings. The molecule has 196 valence electrons. The number of rotatable bonds is 7. The lowest BCUT2D eigenvalue weighted by Gasteiger charge is -2.29. The van der Waals surface area contributed by atoms with Gasteiger partial charge in [0, 0.05) is 24.3 Å². The van der Waals surface area contributed by atoms with Gasteiger partial charge in [-0.15, -0.1) is 0 Å². The van der Waals surface area contributed by atoms with Crippen LogP contribution in [0.5, 0.6) is 0 Å². The molecule has 1 aliphatic rings. The third-order valence-corrected chi connectivity index (χ3v) is 7.72. The number of amides is 2. The minimum Gasteiger partial charge on any atom is -0.465 e. The normalized spacial score (nSPS) is 13.8. The van der Waals surface area contributed by atoms with Crippen LogP contribution >= 0.6 is 0 Å². The van der Waals surface area contributed by atoms with Gasteiger partial charge >= 0.3 is 6.09 Å². The van der Waals surface area contributed by atoms with Crippen LogP contribution in [-0.4, -0.2) is 43.5 Å².